The molecular weight excluding hydrogens is 380 g/mol. The number of alkyl halides is 2. The van der Waals surface area contributed by atoms with Crippen molar-refractivity contribution in [3.8, 4) is 0 Å². The van der Waals surface area contributed by atoms with E-state index in [1.165, 1.54) is 18.2 Å². The van der Waals surface area contributed by atoms with Crippen LogP contribution in [-0.2, 0) is 21.2 Å². The van der Waals surface area contributed by atoms with Gasteiger partial charge in [0.2, 0.25) is 15.7 Å². The van der Waals surface area contributed by atoms with Crippen LogP contribution in [0.25, 0.3) is 11.0 Å². The molecule has 0 saturated carbocycles. The third-order valence-electron chi connectivity index (χ3n) is 3.76. The van der Waals surface area contributed by atoms with Crippen LogP contribution >= 0.6 is 0 Å². The van der Waals surface area contributed by atoms with Gasteiger partial charge >= 0.3 is 5.76 Å². The number of nitrogens with zero attached hydrogens (tertiary/aromatic N) is 2. The molecule has 1 amide bonds. The Labute approximate surface area is 152 Å². The van der Waals surface area contributed by atoms with E-state index in [0.29, 0.717) is 11.0 Å². The second-order valence-electron chi connectivity index (χ2n) is 5.52. The van der Waals surface area contributed by atoms with Gasteiger partial charge in [0.15, 0.2) is 0 Å². The SMILES string of the molecule is O=C(Cn1c(=O)cnc2ccccc21)Nc1ccccc1S(=O)(=O)C(F)F. The fourth-order valence-corrected chi connectivity index (χ4v) is 3.41. The summed E-state index contributed by atoms with van der Waals surface area (Å²) < 4.78 is 50.3. The number of aromatic nitrogens is 2. The average molecular weight is 393 g/mol. The van der Waals surface area contributed by atoms with E-state index in [2.05, 4.69) is 10.3 Å². The number of benzene rings is 2. The third-order valence-corrected chi connectivity index (χ3v) is 5.19. The number of anilines is 1. The lowest BCUT2D eigenvalue weighted by Crippen LogP contribution is -2.28. The molecule has 0 aliphatic carbocycles. The van der Waals surface area contributed by atoms with E-state index < -0.39 is 38.5 Å². The highest BCUT2D eigenvalue weighted by Gasteiger charge is 2.29. The molecule has 0 aliphatic rings. The van der Waals surface area contributed by atoms with E-state index in [1.54, 1.807) is 24.3 Å². The van der Waals surface area contributed by atoms with Crippen LogP contribution in [0.15, 0.2) is 64.4 Å². The van der Waals surface area contributed by atoms with E-state index in [-0.39, 0.29) is 5.69 Å². The Kier molecular flexibility index (Phi) is 5.00. The van der Waals surface area contributed by atoms with E-state index >= 15 is 0 Å². The van der Waals surface area contributed by atoms with Crippen molar-refractivity contribution in [2.75, 3.05) is 5.32 Å². The largest absolute Gasteiger partial charge is 0.341 e. The maximum Gasteiger partial charge on any atom is 0.341 e. The van der Waals surface area contributed by atoms with Crippen LogP contribution in [0.3, 0.4) is 0 Å². The number of rotatable bonds is 5. The van der Waals surface area contributed by atoms with Crippen molar-refractivity contribution in [1.82, 2.24) is 9.55 Å². The van der Waals surface area contributed by atoms with Gasteiger partial charge in [-0.3, -0.25) is 14.2 Å². The zero-order chi connectivity index (χ0) is 19.6. The highest BCUT2D eigenvalue weighted by Crippen LogP contribution is 2.26. The van der Waals surface area contributed by atoms with Crippen molar-refractivity contribution in [3.63, 3.8) is 0 Å². The van der Waals surface area contributed by atoms with E-state index in [1.807, 2.05) is 0 Å². The lowest BCUT2D eigenvalue weighted by Gasteiger charge is -2.13. The Hall–Kier alpha value is -3.14. The molecule has 10 heteroatoms. The van der Waals surface area contributed by atoms with Gasteiger partial charge in [-0.2, -0.15) is 8.78 Å². The lowest BCUT2D eigenvalue weighted by atomic mass is 10.3. The topological polar surface area (TPSA) is 98.1 Å². The number of amides is 1. The second kappa shape index (κ2) is 7.23. The van der Waals surface area contributed by atoms with Gasteiger partial charge in [0, 0.05) is 0 Å². The Morgan fingerprint density at radius 2 is 1.78 bits per heavy atom. The van der Waals surface area contributed by atoms with Gasteiger partial charge in [0.1, 0.15) is 6.54 Å². The molecule has 0 fully saturated rings. The van der Waals surface area contributed by atoms with Crippen LogP contribution in [0.5, 0.6) is 0 Å². The standard InChI is InChI=1S/C17H13F2N3O4S/c18-17(19)27(25,26)14-8-4-2-6-12(14)21-15(23)10-22-13-7-3-1-5-11(13)20-9-16(22)24/h1-9,17H,10H2,(H,21,23). The minimum Gasteiger partial charge on any atom is -0.323 e. The van der Waals surface area contributed by atoms with Crippen LogP contribution in [0.1, 0.15) is 0 Å². The first-order chi connectivity index (χ1) is 12.8. The Morgan fingerprint density at radius 3 is 2.52 bits per heavy atom. The molecule has 1 N–H and O–H groups in total. The number of carbonyl (C=O) groups excluding carboxylic acids is 1. The summed E-state index contributed by atoms with van der Waals surface area (Å²) in [6.45, 7) is -0.440. The summed E-state index contributed by atoms with van der Waals surface area (Å²) in [7, 11) is -4.90. The van der Waals surface area contributed by atoms with Crippen molar-refractivity contribution in [2.24, 2.45) is 0 Å². The van der Waals surface area contributed by atoms with E-state index in [4.69, 9.17) is 0 Å². The predicted octanol–water partition coefficient (Wildman–Crippen LogP) is 2.03. The molecule has 140 valence electrons. The van der Waals surface area contributed by atoms with Crippen LogP contribution in [-0.4, -0.2) is 29.6 Å². The number of para-hydroxylation sites is 3. The zero-order valence-electron chi connectivity index (χ0n) is 13.7. The van der Waals surface area contributed by atoms with Crippen molar-refractivity contribution < 1.29 is 22.0 Å². The Morgan fingerprint density at radius 1 is 1.11 bits per heavy atom. The molecule has 0 unspecified atom stereocenters. The molecule has 1 heterocycles. The maximum atomic E-state index is 12.8. The lowest BCUT2D eigenvalue weighted by molar-refractivity contribution is -0.116. The normalized spacial score (nSPS) is 11.7. The van der Waals surface area contributed by atoms with Crippen molar-refractivity contribution >= 4 is 32.5 Å². The number of halogens is 2. The van der Waals surface area contributed by atoms with Crippen molar-refractivity contribution in [2.45, 2.75) is 17.2 Å². The van der Waals surface area contributed by atoms with Crippen LogP contribution in [0.2, 0.25) is 0 Å². The molecule has 0 spiro atoms. The number of hydrogen-bond acceptors (Lipinski definition) is 5. The summed E-state index contributed by atoms with van der Waals surface area (Å²) in [6.07, 6.45) is 1.06. The molecule has 1 aromatic heterocycles. The molecule has 2 aromatic carbocycles. The van der Waals surface area contributed by atoms with E-state index in [9.17, 15) is 26.8 Å². The van der Waals surface area contributed by atoms with Crippen LogP contribution < -0.4 is 10.9 Å². The first kappa shape index (κ1) is 18.6. The minimum atomic E-state index is -4.90. The quantitative estimate of drug-likeness (QED) is 0.715. The first-order valence-corrected chi connectivity index (χ1v) is 9.21. The Bertz CT molecular complexity index is 1180. The summed E-state index contributed by atoms with van der Waals surface area (Å²) >= 11 is 0. The van der Waals surface area contributed by atoms with Gasteiger partial charge < -0.3 is 5.32 Å². The third kappa shape index (κ3) is 3.70. The molecule has 3 aromatic rings. The van der Waals surface area contributed by atoms with Gasteiger partial charge in [0.25, 0.3) is 5.56 Å². The molecule has 0 saturated heterocycles. The van der Waals surface area contributed by atoms with Crippen LogP contribution in [0.4, 0.5) is 14.5 Å². The number of nitrogens with one attached hydrogen (secondary N) is 1. The molecule has 0 radical (unpaired) electrons. The molecule has 3 rings (SSSR count). The van der Waals surface area contributed by atoms with Gasteiger partial charge in [-0.25, -0.2) is 13.4 Å². The monoisotopic (exact) mass is 393 g/mol. The highest BCUT2D eigenvalue weighted by molar-refractivity contribution is 7.91. The fourth-order valence-electron chi connectivity index (χ4n) is 2.53. The van der Waals surface area contributed by atoms with Crippen molar-refractivity contribution in [3.05, 3.63) is 65.1 Å². The zero-order valence-corrected chi connectivity index (χ0v) is 14.5. The van der Waals surface area contributed by atoms with Crippen LogP contribution in [0, 0.1) is 0 Å². The summed E-state index contributed by atoms with van der Waals surface area (Å²) in [6, 6.07) is 11.5. The van der Waals surface area contributed by atoms with Gasteiger partial charge in [0.05, 0.1) is 27.8 Å². The number of hydrogen-bond donors (Lipinski definition) is 1. The fraction of sp³-hybridized carbons (Fsp3) is 0.118. The van der Waals surface area contributed by atoms with Gasteiger partial charge in [-0.05, 0) is 24.3 Å². The molecule has 0 atom stereocenters. The van der Waals surface area contributed by atoms with E-state index in [0.717, 1.165) is 16.8 Å². The predicted molar refractivity (Wildman–Crippen MR) is 94.3 cm³/mol. The second-order valence-corrected chi connectivity index (χ2v) is 7.41. The Balaban J connectivity index is 1.93. The minimum absolute atomic E-state index is 0.283. The van der Waals surface area contributed by atoms with Crippen molar-refractivity contribution in [1.29, 1.82) is 0 Å². The molecule has 0 bridgehead atoms. The molecule has 0 aliphatic heterocycles. The maximum absolute atomic E-state index is 12.8. The highest BCUT2D eigenvalue weighted by atomic mass is 32.2. The summed E-state index contributed by atoms with van der Waals surface area (Å²) in [5.74, 6) is -4.37. The smallest absolute Gasteiger partial charge is 0.323 e. The van der Waals surface area contributed by atoms with Gasteiger partial charge in [-0.1, -0.05) is 24.3 Å². The average Bonchev–Trinajstić information content (AvgIpc) is 2.64. The first-order valence-electron chi connectivity index (χ1n) is 7.66. The number of carbonyl (C=O) groups is 1. The summed E-state index contributed by atoms with van der Waals surface area (Å²) in [5.41, 5.74) is 0.0887. The number of sulfone groups is 1. The molecule has 7 nitrogen and oxygen atoms in total. The van der Waals surface area contributed by atoms with Gasteiger partial charge in [-0.15, -0.1) is 0 Å². The summed E-state index contributed by atoms with van der Waals surface area (Å²) in [5, 5.41) is 2.28. The summed E-state index contributed by atoms with van der Waals surface area (Å²) in [4.78, 5) is 27.7. The molecular formula is C17H13F2N3O4S. The molecule has 27 heavy (non-hydrogen) atoms. The number of fused-ring (bicyclic) bond motifs is 1.